The van der Waals surface area contributed by atoms with Crippen LogP contribution in [0.3, 0.4) is 0 Å². The van der Waals surface area contributed by atoms with Gasteiger partial charge in [0.05, 0.1) is 13.0 Å². The molecule has 0 bridgehead atoms. The van der Waals surface area contributed by atoms with E-state index in [9.17, 15) is 9.59 Å². The van der Waals surface area contributed by atoms with E-state index in [0.717, 1.165) is 12.4 Å². The van der Waals surface area contributed by atoms with E-state index < -0.39 is 5.91 Å². The number of imidazole rings is 1. The lowest BCUT2D eigenvalue weighted by molar-refractivity contribution is -0.135. The number of amides is 2. The molecule has 1 aromatic carbocycles. The van der Waals surface area contributed by atoms with Crippen molar-refractivity contribution in [1.82, 2.24) is 19.8 Å². The van der Waals surface area contributed by atoms with Crippen molar-refractivity contribution in [1.29, 1.82) is 0 Å². The van der Waals surface area contributed by atoms with Crippen molar-refractivity contribution >= 4 is 24.2 Å². The number of nitrogens with zero attached hydrogens (tertiary/aromatic N) is 3. The molecule has 0 radical (unpaired) electrons. The molecule has 0 spiro atoms. The fourth-order valence-electron chi connectivity index (χ4n) is 3.07. The first-order valence-electron chi connectivity index (χ1n) is 8.56. The topological polar surface area (TPSA) is 102 Å². The Hall–Kier alpha value is -2.58. The molecule has 1 aromatic heterocycles. The van der Waals surface area contributed by atoms with Crippen LogP contribution in [0.2, 0.25) is 0 Å². The number of aryl methyl sites for hydroxylation is 1. The molecule has 1 aliphatic rings. The van der Waals surface area contributed by atoms with Crippen molar-refractivity contribution in [3.8, 4) is 5.75 Å². The van der Waals surface area contributed by atoms with Crippen molar-refractivity contribution < 1.29 is 14.3 Å². The van der Waals surface area contributed by atoms with Gasteiger partial charge in [0.25, 0.3) is 0 Å². The number of ether oxygens (including phenoxy) is 1. The quantitative estimate of drug-likeness (QED) is 0.758. The number of hydrogen-bond acceptors (Lipinski definition) is 5. The van der Waals surface area contributed by atoms with Crippen LogP contribution in [-0.2, 0) is 11.8 Å². The molecule has 8 nitrogen and oxygen atoms in total. The van der Waals surface area contributed by atoms with Crippen LogP contribution in [0.5, 0.6) is 5.75 Å². The Morgan fingerprint density at radius 1 is 1.41 bits per heavy atom. The minimum Gasteiger partial charge on any atom is -0.493 e. The Bertz CT molecular complexity index is 795. The van der Waals surface area contributed by atoms with E-state index in [4.69, 9.17) is 10.5 Å². The standard InChI is InChI=1S/C18H23N5O3.ClH/c1-22-8-7-21-18(22)15-12-20-6-9-23(15)16(24)5-10-26-14-4-2-3-13(11-14)17(19)25;/h2-4,7-8,11,15,20H,5-6,9-10,12H2,1H3,(H2,19,25);1H. The summed E-state index contributed by atoms with van der Waals surface area (Å²) in [5.41, 5.74) is 5.64. The number of carbonyl (C=O) groups is 2. The van der Waals surface area contributed by atoms with Crippen molar-refractivity contribution in [2.75, 3.05) is 26.2 Å². The largest absolute Gasteiger partial charge is 0.493 e. The fraction of sp³-hybridized carbons (Fsp3) is 0.389. The van der Waals surface area contributed by atoms with E-state index in [-0.39, 0.29) is 37.4 Å². The van der Waals surface area contributed by atoms with Crippen LogP contribution in [-0.4, -0.2) is 52.5 Å². The van der Waals surface area contributed by atoms with Gasteiger partial charge in [-0.15, -0.1) is 12.4 Å². The van der Waals surface area contributed by atoms with Crippen molar-refractivity contribution in [2.45, 2.75) is 12.5 Å². The van der Waals surface area contributed by atoms with Gasteiger partial charge in [-0.1, -0.05) is 6.07 Å². The lowest BCUT2D eigenvalue weighted by atomic mass is 10.1. The minimum absolute atomic E-state index is 0. The summed E-state index contributed by atoms with van der Waals surface area (Å²) in [5, 5.41) is 3.31. The van der Waals surface area contributed by atoms with Gasteiger partial charge in [-0.3, -0.25) is 9.59 Å². The number of carbonyl (C=O) groups excluding carboxylic acids is 2. The Labute approximate surface area is 164 Å². The maximum Gasteiger partial charge on any atom is 0.248 e. The summed E-state index contributed by atoms with van der Waals surface area (Å²) in [6.45, 7) is 2.30. The molecule has 0 aliphatic carbocycles. The van der Waals surface area contributed by atoms with Gasteiger partial charge < -0.3 is 25.3 Å². The fourth-order valence-corrected chi connectivity index (χ4v) is 3.07. The zero-order chi connectivity index (χ0) is 18.5. The number of halogens is 1. The SMILES string of the molecule is Cl.Cn1ccnc1C1CNCCN1C(=O)CCOc1cccc(C(N)=O)c1. The van der Waals surface area contributed by atoms with Crippen LogP contribution < -0.4 is 15.8 Å². The molecular formula is C18H24ClN5O3. The number of rotatable bonds is 6. The lowest BCUT2D eigenvalue weighted by Crippen LogP contribution is -2.49. The molecule has 27 heavy (non-hydrogen) atoms. The number of benzene rings is 1. The Kier molecular flexibility index (Phi) is 7.20. The van der Waals surface area contributed by atoms with Gasteiger partial charge in [0.1, 0.15) is 17.6 Å². The van der Waals surface area contributed by atoms with Crippen molar-refractivity contribution in [2.24, 2.45) is 12.8 Å². The highest BCUT2D eigenvalue weighted by Gasteiger charge is 2.30. The highest BCUT2D eigenvalue weighted by molar-refractivity contribution is 5.93. The Morgan fingerprint density at radius 2 is 2.22 bits per heavy atom. The summed E-state index contributed by atoms with van der Waals surface area (Å²) in [6, 6.07) is 6.55. The normalized spacial score (nSPS) is 16.5. The number of primary amides is 1. The van der Waals surface area contributed by atoms with E-state index in [0.29, 0.717) is 24.4 Å². The van der Waals surface area contributed by atoms with Crippen LogP contribution in [0, 0.1) is 0 Å². The smallest absolute Gasteiger partial charge is 0.248 e. The van der Waals surface area contributed by atoms with Crippen molar-refractivity contribution in [3.05, 3.63) is 48.0 Å². The van der Waals surface area contributed by atoms with Gasteiger partial charge in [-0.25, -0.2) is 4.98 Å². The predicted molar refractivity (Wildman–Crippen MR) is 103 cm³/mol. The molecule has 3 N–H and O–H groups in total. The summed E-state index contributed by atoms with van der Waals surface area (Å²) in [6.07, 6.45) is 3.87. The second kappa shape index (κ2) is 9.38. The maximum absolute atomic E-state index is 12.7. The first kappa shape index (κ1) is 20.7. The van der Waals surface area contributed by atoms with E-state index in [1.807, 2.05) is 22.7 Å². The molecule has 1 aliphatic heterocycles. The molecule has 3 rings (SSSR count). The van der Waals surface area contributed by atoms with Crippen LogP contribution >= 0.6 is 12.4 Å². The van der Waals surface area contributed by atoms with E-state index in [1.54, 1.807) is 30.5 Å². The third-order valence-electron chi connectivity index (χ3n) is 4.42. The third-order valence-corrected chi connectivity index (χ3v) is 4.42. The van der Waals surface area contributed by atoms with Crippen LogP contribution in [0.4, 0.5) is 0 Å². The summed E-state index contributed by atoms with van der Waals surface area (Å²) in [4.78, 5) is 30.1. The van der Waals surface area contributed by atoms with Crippen molar-refractivity contribution in [3.63, 3.8) is 0 Å². The van der Waals surface area contributed by atoms with E-state index in [1.165, 1.54) is 0 Å². The maximum atomic E-state index is 12.7. The molecule has 2 heterocycles. The molecule has 1 fully saturated rings. The van der Waals surface area contributed by atoms with Gasteiger partial charge in [-0.05, 0) is 18.2 Å². The summed E-state index contributed by atoms with van der Waals surface area (Å²) in [5.74, 6) is 0.895. The number of nitrogens with two attached hydrogens (primary N) is 1. The number of nitrogens with one attached hydrogen (secondary N) is 1. The van der Waals surface area contributed by atoms with Crippen LogP contribution in [0.15, 0.2) is 36.7 Å². The first-order valence-corrected chi connectivity index (χ1v) is 8.56. The molecule has 1 unspecified atom stereocenters. The minimum atomic E-state index is -0.509. The van der Waals surface area contributed by atoms with E-state index >= 15 is 0 Å². The highest BCUT2D eigenvalue weighted by atomic mass is 35.5. The summed E-state index contributed by atoms with van der Waals surface area (Å²) in [7, 11) is 1.93. The number of piperazine rings is 1. The lowest BCUT2D eigenvalue weighted by Gasteiger charge is -2.35. The summed E-state index contributed by atoms with van der Waals surface area (Å²) >= 11 is 0. The highest BCUT2D eigenvalue weighted by Crippen LogP contribution is 2.21. The van der Waals surface area contributed by atoms with Gasteiger partial charge in [0.15, 0.2) is 0 Å². The second-order valence-electron chi connectivity index (χ2n) is 6.19. The van der Waals surface area contributed by atoms with Gasteiger partial charge in [0.2, 0.25) is 11.8 Å². The van der Waals surface area contributed by atoms with Gasteiger partial charge in [-0.2, -0.15) is 0 Å². The molecule has 9 heteroatoms. The Balaban J connectivity index is 0.00000261. The van der Waals surface area contributed by atoms with Gasteiger partial charge >= 0.3 is 0 Å². The van der Waals surface area contributed by atoms with Gasteiger partial charge in [0, 0.05) is 44.6 Å². The first-order chi connectivity index (χ1) is 12.6. The second-order valence-corrected chi connectivity index (χ2v) is 6.19. The molecule has 0 saturated carbocycles. The number of hydrogen-bond donors (Lipinski definition) is 2. The van der Waals surface area contributed by atoms with E-state index in [2.05, 4.69) is 10.3 Å². The molecule has 2 amide bonds. The monoisotopic (exact) mass is 393 g/mol. The zero-order valence-corrected chi connectivity index (χ0v) is 15.9. The molecular weight excluding hydrogens is 370 g/mol. The van der Waals surface area contributed by atoms with Crippen LogP contribution in [0.1, 0.15) is 28.6 Å². The molecule has 1 saturated heterocycles. The molecule has 1 atom stereocenters. The zero-order valence-electron chi connectivity index (χ0n) is 15.1. The molecule has 2 aromatic rings. The molecule has 146 valence electrons. The van der Waals surface area contributed by atoms with Crippen LogP contribution in [0.25, 0.3) is 0 Å². The summed E-state index contributed by atoms with van der Waals surface area (Å²) < 4.78 is 7.55. The third kappa shape index (κ3) is 4.99. The number of aromatic nitrogens is 2. The Morgan fingerprint density at radius 3 is 2.93 bits per heavy atom. The average Bonchev–Trinajstić information content (AvgIpc) is 3.07. The predicted octanol–water partition coefficient (Wildman–Crippen LogP) is 0.883. The average molecular weight is 394 g/mol.